The zero-order valence-corrected chi connectivity index (χ0v) is 42.4. The average Bonchev–Trinajstić information content (AvgIpc) is 3.23. The Balaban J connectivity index is 6.74. The van der Waals surface area contributed by atoms with Gasteiger partial charge in [-0.1, -0.05) is 55.4 Å². The molecule has 0 aromatic rings. The molecule has 10 amide bonds. The first-order chi connectivity index (χ1) is 32.9. The first-order valence-corrected chi connectivity index (χ1v) is 23.8. The van der Waals surface area contributed by atoms with Crippen molar-refractivity contribution in [1.29, 1.82) is 0 Å². The van der Waals surface area contributed by atoms with E-state index in [2.05, 4.69) is 42.5 Å². The Hall–Kier alpha value is -6.44. The average molecular weight is 1010 g/mol. The van der Waals surface area contributed by atoms with Gasteiger partial charge in [0, 0.05) is 6.42 Å². The Morgan fingerprint density at radius 3 is 1.14 bits per heavy atom. The maximum absolute atomic E-state index is 14.1. The molecule has 0 saturated heterocycles. The van der Waals surface area contributed by atoms with Crippen molar-refractivity contribution >= 4 is 71.0 Å². The first kappa shape index (κ1) is 64.6. The quantitative estimate of drug-likeness (QED) is 0.0279. The second-order valence-electron chi connectivity index (χ2n) is 19.2. The Morgan fingerprint density at radius 1 is 0.423 bits per heavy atom. The molecule has 0 heterocycles. The number of unbranched alkanes of at least 4 members (excludes halogenated alkanes) is 1. The number of carboxylic acid groups (broad SMARTS) is 2. The van der Waals surface area contributed by atoms with E-state index in [1.165, 1.54) is 6.92 Å². The standard InChI is InChI=1S/C45H80N12O14/c1-21(2)16-28(52-37(62)25(9)47)40(65)54-30(19-33(48)58)41(66)51-27(13-14-35(60)61)39(64)50-26(12-10-11-15-46)38(63)53-29(17-22(3)4)43(68)57-36(24(7)8)44(69)55-31(20-34(49)59)42(67)56-32(45(70)71)18-23(5)6/h21-32,36H,10-20,46-47H2,1-9H3,(H2,48,58)(H2,49,59)(H,50,64)(H,51,66)(H,52,62)(H,53,63)(H,54,65)(H,55,69)(H,56,67)(H,57,68)(H,60,61)(H,70,71)/t25-,26-,27-,28-,29-,30-,31-,32-,36-/m0/s1. The number of nitrogens with two attached hydrogens (primary N) is 4. The molecule has 26 heteroatoms. The third-order valence-electron chi connectivity index (χ3n) is 10.6. The number of primary amides is 2. The smallest absolute Gasteiger partial charge is 0.326 e. The molecule has 0 spiro atoms. The van der Waals surface area contributed by atoms with E-state index in [9.17, 15) is 67.7 Å². The van der Waals surface area contributed by atoms with E-state index in [0.717, 1.165) is 0 Å². The third kappa shape index (κ3) is 26.4. The van der Waals surface area contributed by atoms with Crippen molar-refractivity contribution < 1.29 is 67.7 Å². The minimum absolute atomic E-state index is 0.0101. The largest absolute Gasteiger partial charge is 0.481 e. The van der Waals surface area contributed by atoms with Crippen molar-refractivity contribution in [3.63, 3.8) is 0 Å². The van der Waals surface area contributed by atoms with Crippen LogP contribution in [0.3, 0.4) is 0 Å². The molecule has 404 valence electrons. The zero-order chi connectivity index (χ0) is 54.9. The summed E-state index contributed by atoms with van der Waals surface area (Å²) in [7, 11) is 0. The normalized spacial score (nSPS) is 15.1. The summed E-state index contributed by atoms with van der Waals surface area (Å²) in [6.07, 6.45) is -2.04. The van der Waals surface area contributed by atoms with Gasteiger partial charge in [0.1, 0.15) is 48.3 Å². The van der Waals surface area contributed by atoms with Crippen molar-refractivity contribution in [2.24, 2.45) is 46.6 Å². The van der Waals surface area contributed by atoms with Crippen molar-refractivity contribution in [1.82, 2.24) is 42.5 Å². The number of rotatable bonds is 35. The van der Waals surface area contributed by atoms with Crippen LogP contribution >= 0.6 is 0 Å². The highest BCUT2D eigenvalue weighted by atomic mass is 16.4. The fourth-order valence-corrected chi connectivity index (χ4v) is 6.93. The van der Waals surface area contributed by atoms with E-state index in [1.54, 1.807) is 55.4 Å². The molecule has 0 bridgehead atoms. The zero-order valence-electron chi connectivity index (χ0n) is 42.4. The number of aliphatic carboxylic acids is 2. The van der Waals surface area contributed by atoms with Crippen LogP contribution in [0.1, 0.15) is 127 Å². The molecular weight excluding hydrogens is 933 g/mol. The number of carbonyl (C=O) groups is 12. The minimum atomic E-state index is -1.72. The third-order valence-corrected chi connectivity index (χ3v) is 10.6. The number of amides is 10. The van der Waals surface area contributed by atoms with Crippen LogP contribution in [0.5, 0.6) is 0 Å². The molecule has 0 aromatic heterocycles. The second kappa shape index (κ2) is 32.4. The minimum Gasteiger partial charge on any atom is -0.481 e. The van der Waals surface area contributed by atoms with Crippen LogP contribution in [0, 0.1) is 23.7 Å². The Labute approximate surface area is 414 Å². The van der Waals surface area contributed by atoms with E-state index in [1.807, 2.05) is 0 Å². The van der Waals surface area contributed by atoms with Gasteiger partial charge in [0.15, 0.2) is 0 Å². The van der Waals surface area contributed by atoms with Crippen molar-refractivity contribution in [2.75, 3.05) is 6.54 Å². The summed E-state index contributed by atoms with van der Waals surface area (Å²) in [5.74, 6) is -13.5. The van der Waals surface area contributed by atoms with Crippen molar-refractivity contribution in [3.05, 3.63) is 0 Å². The van der Waals surface area contributed by atoms with Crippen LogP contribution in [0.2, 0.25) is 0 Å². The van der Waals surface area contributed by atoms with Gasteiger partial charge in [-0.2, -0.15) is 0 Å². The van der Waals surface area contributed by atoms with Gasteiger partial charge in [-0.25, -0.2) is 4.79 Å². The van der Waals surface area contributed by atoms with Gasteiger partial charge < -0.3 is 75.7 Å². The predicted octanol–water partition coefficient (Wildman–Crippen LogP) is -3.16. The summed E-state index contributed by atoms with van der Waals surface area (Å²) < 4.78 is 0. The van der Waals surface area contributed by atoms with Crippen LogP contribution in [-0.4, -0.2) is 142 Å². The van der Waals surface area contributed by atoms with E-state index in [-0.39, 0.29) is 56.4 Å². The number of carboxylic acids is 2. The summed E-state index contributed by atoms with van der Waals surface area (Å²) in [6, 6.07) is -12.8. The molecule has 0 fully saturated rings. The lowest BCUT2D eigenvalue weighted by molar-refractivity contribution is -0.143. The van der Waals surface area contributed by atoms with E-state index >= 15 is 0 Å². The van der Waals surface area contributed by atoms with E-state index < -0.39 is 157 Å². The van der Waals surface area contributed by atoms with Gasteiger partial charge >= 0.3 is 11.9 Å². The molecule has 0 aliphatic heterocycles. The molecule has 0 rings (SSSR count). The van der Waals surface area contributed by atoms with Gasteiger partial charge in [-0.3, -0.25) is 52.7 Å². The first-order valence-electron chi connectivity index (χ1n) is 23.8. The fourth-order valence-electron chi connectivity index (χ4n) is 6.93. The van der Waals surface area contributed by atoms with Crippen LogP contribution in [0.25, 0.3) is 0 Å². The molecule has 0 aliphatic carbocycles. The summed E-state index contributed by atoms with van der Waals surface area (Å²) in [4.78, 5) is 156. The topological polar surface area (TPSA) is 446 Å². The number of carbonyl (C=O) groups excluding carboxylic acids is 10. The Morgan fingerprint density at radius 2 is 0.761 bits per heavy atom. The molecule has 0 aliphatic rings. The van der Waals surface area contributed by atoms with Crippen molar-refractivity contribution in [2.45, 2.75) is 181 Å². The molecule has 0 radical (unpaired) electrons. The SMILES string of the molecule is CC(C)C[C@H](NC(=O)[C@H](CC(N)=O)NC(=O)[C@@H](NC(=O)[C@H](CC(C)C)NC(=O)[C@H](CCCCN)NC(=O)[C@H](CCC(=O)O)NC(=O)[C@H](CC(N)=O)NC(=O)[C@H](CC(C)C)NC(=O)[C@H](C)N)C(C)C)C(=O)O. The molecule has 9 atom stereocenters. The number of hydrogen-bond acceptors (Lipinski definition) is 14. The highest BCUT2D eigenvalue weighted by Crippen LogP contribution is 2.13. The lowest BCUT2D eigenvalue weighted by atomic mass is 9.98. The van der Waals surface area contributed by atoms with Gasteiger partial charge in [0.05, 0.1) is 18.9 Å². The summed E-state index contributed by atoms with van der Waals surface area (Å²) >= 11 is 0. The molecule has 18 N–H and O–H groups in total. The van der Waals surface area contributed by atoms with Crippen LogP contribution in [-0.2, 0) is 57.5 Å². The van der Waals surface area contributed by atoms with Gasteiger partial charge in [-0.15, -0.1) is 0 Å². The molecule has 26 nitrogen and oxygen atoms in total. The highest BCUT2D eigenvalue weighted by molar-refractivity contribution is 5.99. The summed E-state index contributed by atoms with van der Waals surface area (Å²) in [5.41, 5.74) is 22.1. The van der Waals surface area contributed by atoms with Crippen molar-refractivity contribution in [3.8, 4) is 0 Å². The number of hydrogen-bond donors (Lipinski definition) is 14. The van der Waals surface area contributed by atoms with Crippen LogP contribution in [0.4, 0.5) is 0 Å². The Kier molecular flexibility index (Phi) is 29.5. The van der Waals surface area contributed by atoms with Gasteiger partial charge in [-0.05, 0) is 82.1 Å². The summed E-state index contributed by atoms with van der Waals surface area (Å²) in [6.45, 7) is 15.2. The lowest BCUT2D eigenvalue weighted by Gasteiger charge is -2.29. The molecular formula is C45H80N12O14. The molecule has 71 heavy (non-hydrogen) atoms. The van der Waals surface area contributed by atoms with Gasteiger partial charge in [0.2, 0.25) is 59.1 Å². The van der Waals surface area contributed by atoms with Gasteiger partial charge in [0.25, 0.3) is 0 Å². The predicted molar refractivity (Wildman–Crippen MR) is 257 cm³/mol. The second-order valence-corrected chi connectivity index (χ2v) is 19.2. The lowest BCUT2D eigenvalue weighted by Crippen LogP contribution is -2.61. The maximum atomic E-state index is 14.1. The molecule has 0 unspecified atom stereocenters. The van der Waals surface area contributed by atoms with Crippen LogP contribution < -0.4 is 65.5 Å². The monoisotopic (exact) mass is 1010 g/mol. The fraction of sp³-hybridized carbons (Fsp3) is 0.733. The highest BCUT2D eigenvalue weighted by Gasteiger charge is 2.36. The van der Waals surface area contributed by atoms with E-state index in [0.29, 0.717) is 6.42 Å². The van der Waals surface area contributed by atoms with Crippen LogP contribution in [0.15, 0.2) is 0 Å². The Bertz CT molecular complexity index is 1860. The van der Waals surface area contributed by atoms with E-state index in [4.69, 9.17) is 22.9 Å². The number of nitrogens with one attached hydrogen (secondary N) is 8. The maximum Gasteiger partial charge on any atom is 0.326 e. The molecule has 0 saturated carbocycles. The molecule has 0 aromatic carbocycles. The summed E-state index contributed by atoms with van der Waals surface area (Å²) in [5, 5.41) is 38.7.